The van der Waals surface area contributed by atoms with Gasteiger partial charge in [0.05, 0.1) is 16.3 Å². The zero-order chi connectivity index (χ0) is 25.8. The first kappa shape index (κ1) is 27.0. The van der Waals surface area contributed by atoms with E-state index in [2.05, 4.69) is 42.6 Å². The summed E-state index contributed by atoms with van der Waals surface area (Å²) in [6.45, 7) is 16.5. The summed E-state index contributed by atoms with van der Waals surface area (Å²) in [7, 11) is -3.85. The maximum absolute atomic E-state index is 13.5. The molecule has 7 nitrogen and oxygen atoms in total. The molecule has 3 rings (SSSR count). The number of amides is 1. The predicted molar refractivity (Wildman–Crippen MR) is 144 cm³/mol. The molecule has 1 fully saturated rings. The molecule has 35 heavy (non-hydrogen) atoms. The Morgan fingerprint density at radius 2 is 1.63 bits per heavy atom. The van der Waals surface area contributed by atoms with Gasteiger partial charge >= 0.3 is 0 Å². The smallest absolute Gasteiger partial charge is 0.262 e. The van der Waals surface area contributed by atoms with Gasteiger partial charge in [0.2, 0.25) is 0 Å². The molecular weight excluding hydrogens is 460 g/mol. The molecule has 0 atom stereocenters. The van der Waals surface area contributed by atoms with Crippen molar-refractivity contribution in [2.24, 2.45) is 11.8 Å². The molecule has 1 aliphatic heterocycles. The molecule has 1 aliphatic rings. The number of anilines is 2. The first-order valence-corrected chi connectivity index (χ1v) is 14.0. The Kier molecular flexibility index (Phi) is 8.83. The first-order valence-electron chi connectivity index (χ1n) is 12.5. The van der Waals surface area contributed by atoms with Gasteiger partial charge in [-0.05, 0) is 61.1 Å². The number of sulfonamides is 1. The number of carbonyl (C=O) groups is 1. The lowest BCUT2D eigenvalue weighted by molar-refractivity contribution is 0.0715. The number of hydrogen-bond donors (Lipinski definition) is 2. The zero-order valence-corrected chi connectivity index (χ0v) is 22.7. The van der Waals surface area contributed by atoms with Crippen molar-refractivity contribution in [3.8, 4) is 0 Å². The molecule has 1 heterocycles. The first-order chi connectivity index (χ1) is 16.5. The van der Waals surface area contributed by atoms with Crippen molar-refractivity contribution in [2.75, 3.05) is 48.9 Å². The fourth-order valence-corrected chi connectivity index (χ4v) is 5.83. The monoisotopic (exact) mass is 500 g/mol. The van der Waals surface area contributed by atoms with Crippen LogP contribution in [-0.2, 0) is 10.0 Å². The lowest BCUT2D eigenvalue weighted by Gasteiger charge is -2.32. The normalized spacial score (nSPS) is 14.5. The maximum atomic E-state index is 13.5. The number of aryl methyl sites for hydroxylation is 2. The van der Waals surface area contributed by atoms with Gasteiger partial charge in [-0.3, -0.25) is 9.52 Å². The van der Waals surface area contributed by atoms with E-state index in [-0.39, 0.29) is 10.8 Å². The number of nitrogens with one attached hydrogen (secondary N) is 2. The van der Waals surface area contributed by atoms with Crippen LogP contribution < -0.4 is 14.9 Å². The highest BCUT2D eigenvalue weighted by Gasteiger charge is 2.24. The lowest BCUT2D eigenvalue weighted by Crippen LogP contribution is -2.44. The fraction of sp³-hybridized carbons (Fsp3) is 0.519. The van der Waals surface area contributed by atoms with Crippen LogP contribution in [0.5, 0.6) is 0 Å². The number of piperazine rings is 1. The second-order valence-electron chi connectivity index (χ2n) is 10.3. The van der Waals surface area contributed by atoms with E-state index < -0.39 is 10.0 Å². The second-order valence-corrected chi connectivity index (χ2v) is 12.0. The third-order valence-corrected chi connectivity index (χ3v) is 7.54. The standard InChI is InChI=1S/C27H40N4O3S/c1-19(2)17-31(18-20(3)4)27(32)23-9-10-25(30-13-11-28-12-14-30)24(16-23)29-35(33,34)26-15-21(5)7-8-22(26)6/h7-10,15-16,19-20,28-29H,11-14,17-18H2,1-6H3. The van der Waals surface area contributed by atoms with E-state index >= 15 is 0 Å². The van der Waals surface area contributed by atoms with Gasteiger partial charge in [-0.2, -0.15) is 0 Å². The van der Waals surface area contributed by atoms with Gasteiger partial charge in [-0.1, -0.05) is 39.8 Å². The molecule has 0 aromatic heterocycles. The second kappa shape index (κ2) is 11.4. The van der Waals surface area contributed by atoms with E-state index in [0.717, 1.165) is 37.4 Å². The van der Waals surface area contributed by atoms with Gasteiger partial charge in [0.15, 0.2) is 0 Å². The number of hydrogen-bond acceptors (Lipinski definition) is 5. The summed E-state index contributed by atoms with van der Waals surface area (Å²) >= 11 is 0. The molecule has 1 amide bonds. The molecule has 0 saturated carbocycles. The van der Waals surface area contributed by atoms with Crippen molar-refractivity contribution < 1.29 is 13.2 Å². The summed E-state index contributed by atoms with van der Waals surface area (Å²) in [6, 6.07) is 10.8. The Bertz CT molecular complexity index is 1130. The van der Waals surface area contributed by atoms with Crippen molar-refractivity contribution in [3.05, 3.63) is 53.1 Å². The number of rotatable bonds is 9. The summed E-state index contributed by atoms with van der Waals surface area (Å²) in [5.74, 6) is 0.589. The van der Waals surface area contributed by atoms with E-state index in [0.29, 0.717) is 41.7 Å². The van der Waals surface area contributed by atoms with Crippen LogP contribution >= 0.6 is 0 Å². The topological polar surface area (TPSA) is 81.8 Å². The zero-order valence-electron chi connectivity index (χ0n) is 21.9. The summed E-state index contributed by atoms with van der Waals surface area (Å²) < 4.78 is 29.8. The van der Waals surface area contributed by atoms with Gasteiger partial charge < -0.3 is 15.1 Å². The van der Waals surface area contributed by atoms with E-state index in [1.54, 1.807) is 19.1 Å². The van der Waals surface area contributed by atoms with E-state index in [4.69, 9.17) is 0 Å². The minimum absolute atomic E-state index is 0.0774. The molecule has 0 bridgehead atoms. The molecule has 0 radical (unpaired) electrons. The van der Waals surface area contributed by atoms with Crippen LogP contribution in [0.3, 0.4) is 0 Å². The van der Waals surface area contributed by atoms with Crippen molar-refractivity contribution >= 4 is 27.3 Å². The quantitative estimate of drug-likeness (QED) is 0.537. The summed E-state index contributed by atoms with van der Waals surface area (Å²) in [4.78, 5) is 17.8. The highest BCUT2D eigenvalue weighted by atomic mass is 32.2. The van der Waals surface area contributed by atoms with Gasteiger partial charge in [0, 0.05) is 44.8 Å². The van der Waals surface area contributed by atoms with Crippen molar-refractivity contribution in [2.45, 2.75) is 46.4 Å². The molecule has 0 unspecified atom stereocenters. The third kappa shape index (κ3) is 6.98. The number of carbonyl (C=O) groups excluding carboxylic acids is 1. The molecule has 2 aromatic rings. The predicted octanol–water partition coefficient (Wildman–Crippen LogP) is 4.27. The van der Waals surface area contributed by atoms with Crippen LogP contribution in [0, 0.1) is 25.7 Å². The Morgan fingerprint density at radius 3 is 2.23 bits per heavy atom. The summed E-state index contributed by atoms with van der Waals surface area (Å²) in [5, 5.41) is 3.33. The molecule has 192 valence electrons. The highest BCUT2D eigenvalue weighted by Crippen LogP contribution is 2.31. The molecule has 0 spiro atoms. The van der Waals surface area contributed by atoms with Crippen LogP contribution in [-0.4, -0.2) is 58.5 Å². The summed E-state index contributed by atoms with van der Waals surface area (Å²) in [5.41, 5.74) is 3.27. The average Bonchev–Trinajstić information content (AvgIpc) is 2.79. The van der Waals surface area contributed by atoms with Crippen molar-refractivity contribution in [3.63, 3.8) is 0 Å². The maximum Gasteiger partial charge on any atom is 0.262 e. The minimum Gasteiger partial charge on any atom is -0.367 e. The largest absolute Gasteiger partial charge is 0.367 e. The van der Waals surface area contributed by atoms with Crippen molar-refractivity contribution in [1.29, 1.82) is 0 Å². The van der Waals surface area contributed by atoms with Crippen LogP contribution in [0.2, 0.25) is 0 Å². The number of benzene rings is 2. The Labute approximate surface area is 210 Å². The molecular formula is C27H40N4O3S. The molecule has 8 heteroatoms. The van der Waals surface area contributed by atoms with E-state index in [9.17, 15) is 13.2 Å². The molecule has 2 N–H and O–H groups in total. The van der Waals surface area contributed by atoms with Gasteiger partial charge in [0.1, 0.15) is 0 Å². The van der Waals surface area contributed by atoms with Gasteiger partial charge in [-0.15, -0.1) is 0 Å². The SMILES string of the molecule is Cc1ccc(C)c(S(=O)(=O)Nc2cc(C(=O)N(CC(C)C)CC(C)C)ccc2N2CCNCC2)c1. The van der Waals surface area contributed by atoms with Crippen molar-refractivity contribution in [1.82, 2.24) is 10.2 Å². The Balaban J connectivity index is 2.03. The summed E-state index contributed by atoms with van der Waals surface area (Å²) in [6.07, 6.45) is 0. The number of nitrogens with zero attached hydrogens (tertiary/aromatic N) is 2. The third-order valence-electron chi connectivity index (χ3n) is 6.04. The highest BCUT2D eigenvalue weighted by molar-refractivity contribution is 7.92. The van der Waals surface area contributed by atoms with Crippen LogP contribution in [0.1, 0.15) is 49.2 Å². The molecule has 1 saturated heterocycles. The van der Waals surface area contributed by atoms with E-state index in [1.165, 1.54) is 0 Å². The fourth-order valence-electron chi connectivity index (χ4n) is 4.43. The van der Waals surface area contributed by atoms with Gasteiger partial charge in [0.25, 0.3) is 15.9 Å². The van der Waals surface area contributed by atoms with E-state index in [1.807, 2.05) is 36.1 Å². The van der Waals surface area contributed by atoms with Crippen LogP contribution in [0.15, 0.2) is 41.3 Å². The average molecular weight is 501 g/mol. The molecule has 0 aliphatic carbocycles. The Hall–Kier alpha value is -2.58. The van der Waals surface area contributed by atoms with Gasteiger partial charge in [-0.25, -0.2) is 8.42 Å². The molecule has 2 aromatic carbocycles. The minimum atomic E-state index is -3.85. The van der Waals surface area contributed by atoms with Crippen LogP contribution in [0.25, 0.3) is 0 Å². The van der Waals surface area contributed by atoms with Crippen LogP contribution in [0.4, 0.5) is 11.4 Å². The lowest BCUT2D eigenvalue weighted by atomic mass is 10.1. The Morgan fingerprint density at radius 1 is 1.00 bits per heavy atom.